The summed E-state index contributed by atoms with van der Waals surface area (Å²) >= 11 is 0. The Morgan fingerprint density at radius 1 is 1.30 bits per heavy atom. The van der Waals surface area contributed by atoms with Crippen molar-refractivity contribution < 1.29 is 4.52 Å². The number of hydrogen-bond donors (Lipinski definition) is 1. The van der Waals surface area contributed by atoms with E-state index in [0.29, 0.717) is 5.89 Å². The minimum Gasteiger partial charge on any atom is -0.338 e. The topological polar surface area (TPSA) is 64.9 Å². The standard InChI is InChI=1S/C16H21N3O/c1-16(2,3)13(17)15-18-14(19-20-15)12-9-8-10-6-4-5-7-11(10)12/h4-7,12-13H,8-9,17H2,1-3H3/t12?,13-/m0/s1. The van der Waals surface area contributed by atoms with Crippen molar-refractivity contribution in [1.82, 2.24) is 10.1 Å². The molecule has 1 unspecified atom stereocenters. The molecule has 4 heteroatoms. The molecule has 1 aromatic heterocycles. The van der Waals surface area contributed by atoms with Crippen LogP contribution < -0.4 is 5.73 Å². The Balaban J connectivity index is 1.89. The first kappa shape index (κ1) is 13.3. The van der Waals surface area contributed by atoms with E-state index in [9.17, 15) is 0 Å². The molecule has 0 fully saturated rings. The van der Waals surface area contributed by atoms with Crippen LogP contribution in [-0.2, 0) is 6.42 Å². The van der Waals surface area contributed by atoms with Gasteiger partial charge in [-0.05, 0) is 29.4 Å². The summed E-state index contributed by atoms with van der Waals surface area (Å²) in [4.78, 5) is 4.55. The van der Waals surface area contributed by atoms with Gasteiger partial charge in [-0.1, -0.05) is 50.2 Å². The zero-order valence-electron chi connectivity index (χ0n) is 12.3. The summed E-state index contributed by atoms with van der Waals surface area (Å²) in [6, 6.07) is 8.25. The molecule has 2 atom stereocenters. The summed E-state index contributed by atoms with van der Waals surface area (Å²) in [6.07, 6.45) is 2.12. The van der Waals surface area contributed by atoms with E-state index in [1.54, 1.807) is 0 Å². The van der Waals surface area contributed by atoms with Gasteiger partial charge in [0, 0.05) is 5.92 Å². The maximum atomic E-state index is 6.18. The second kappa shape index (κ2) is 4.70. The highest BCUT2D eigenvalue weighted by atomic mass is 16.5. The van der Waals surface area contributed by atoms with Gasteiger partial charge in [-0.15, -0.1) is 0 Å². The zero-order valence-corrected chi connectivity index (χ0v) is 12.3. The van der Waals surface area contributed by atoms with Crippen LogP contribution in [0.2, 0.25) is 0 Å². The van der Waals surface area contributed by atoms with Crippen molar-refractivity contribution in [2.24, 2.45) is 11.1 Å². The Bertz CT molecular complexity index is 612. The second-order valence-corrected chi connectivity index (χ2v) is 6.62. The fourth-order valence-corrected chi connectivity index (χ4v) is 2.71. The molecule has 1 aliphatic rings. The van der Waals surface area contributed by atoms with Crippen molar-refractivity contribution in [1.29, 1.82) is 0 Å². The molecule has 2 N–H and O–H groups in total. The monoisotopic (exact) mass is 271 g/mol. The Morgan fingerprint density at radius 2 is 2.05 bits per heavy atom. The summed E-state index contributed by atoms with van der Waals surface area (Å²) in [7, 11) is 0. The molecule has 106 valence electrons. The highest BCUT2D eigenvalue weighted by molar-refractivity contribution is 5.38. The average molecular weight is 271 g/mol. The van der Waals surface area contributed by atoms with E-state index in [1.807, 2.05) is 0 Å². The van der Waals surface area contributed by atoms with Crippen LogP contribution in [0.4, 0.5) is 0 Å². The van der Waals surface area contributed by atoms with Crippen LogP contribution in [0.15, 0.2) is 28.8 Å². The van der Waals surface area contributed by atoms with Gasteiger partial charge in [-0.25, -0.2) is 0 Å². The molecule has 1 heterocycles. The summed E-state index contributed by atoms with van der Waals surface area (Å²) in [6.45, 7) is 6.23. The van der Waals surface area contributed by atoms with Gasteiger partial charge >= 0.3 is 0 Å². The highest BCUT2D eigenvalue weighted by Gasteiger charge is 2.31. The van der Waals surface area contributed by atoms with Crippen molar-refractivity contribution in [3.63, 3.8) is 0 Å². The van der Waals surface area contributed by atoms with Gasteiger partial charge in [0.05, 0.1) is 6.04 Å². The normalized spacial score (nSPS) is 19.9. The summed E-state index contributed by atoms with van der Waals surface area (Å²) in [5.41, 5.74) is 8.81. The lowest BCUT2D eigenvalue weighted by Gasteiger charge is -2.23. The number of nitrogens with two attached hydrogens (primary N) is 1. The molecular formula is C16H21N3O. The number of aromatic nitrogens is 2. The van der Waals surface area contributed by atoms with Crippen LogP contribution in [0.3, 0.4) is 0 Å². The van der Waals surface area contributed by atoms with Gasteiger partial charge in [0.15, 0.2) is 5.82 Å². The van der Waals surface area contributed by atoms with E-state index in [2.05, 4.69) is 55.2 Å². The van der Waals surface area contributed by atoms with E-state index < -0.39 is 0 Å². The lowest BCUT2D eigenvalue weighted by Crippen LogP contribution is -2.26. The zero-order chi connectivity index (χ0) is 14.3. The van der Waals surface area contributed by atoms with Gasteiger partial charge in [-0.2, -0.15) is 4.98 Å². The first-order valence-electron chi connectivity index (χ1n) is 7.13. The summed E-state index contributed by atoms with van der Waals surface area (Å²) in [5.74, 6) is 1.55. The van der Waals surface area contributed by atoms with E-state index in [-0.39, 0.29) is 17.4 Å². The SMILES string of the molecule is CC(C)(C)[C@@H](N)c1nc(C2CCc3ccccc32)no1. The van der Waals surface area contributed by atoms with Crippen molar-refractivity contribution in [3.05, 3.63) is 47.1 Å². The second-order valence-electron chi connectivity index (χ2n) is 6.62. The largest absolute Gasteiger partial charge is 0.338 e. The molecule has 20 heavy (non-hydrogen) atoms. The minimum absolute atomic E-state index is 0.0859. The maximum Gasteiger partial charge on any atom is 0.244 e. The first-order chi connectivity index (χ1) is 9.47. The molecule has 0 spiro atoms. The van der Waals surface area contributed by atoms with Gasteiger partial charge in [-0.3, -0.25) is 0 Å². The number of nitrogens with zero attached hydrogens (tertiary/aromatic N) is 2. The van der Waals surface area contributed by atoms with E-state index in [1.165, 1.54) is 11.1 Å². The Kier molecular flexibility index (Phi) is 3.13. The van der Waals surface area contributed by atoms with Crippen LogP contribution >= 0.6 is 0 Å². The van der Waals surface area contributed by atoms with Crippen LogP contribution in [0, 0.1) is 5.41 Å². The molecule has 0 radical (unpaired) electrons. The Labute approximate surface area is 119 Å². The molecular weight excluding hydrogens is 250 g/mol. The van der Waals surface area contributed by atoms with Crippen molar-refractivity contribution in [2.45, 2.75) is 45.6 Å². The fraction of sp³-hybridized carbons (Fsp3) is 0.500. The number of fused-ring (bicyclic) bond motifs is 1. The Morgan fingerprint density at radius 3 is 2.80 bits per heavy atom. The van der Waals surface area contributed by atoms with Crippen LogP contribution in [0.25, 0.3) is 0 Å². The number of benzene rings is 1. The lowest BCUT2D eigenvalue weighted by atomic mass is 9.87. The van der Waals surface area contributed by atoms with Gasteiger partial charge in [0.2, 0.25) is 5.89 Å². The third-order valence-electron chi connectivity index (χ3n) is 4.10. The number of aryl methyl sites for hydroxylation is 1. The molecule has 0 aliphatic heterocycles. The third kappa shape index (κ3) is 2.24. The molecule has 0 saturated heterocycles. The van der Waals surface area contributed by atoms with Crippen molar-refractivity contribution in [2.75, 3.05) is 0 Å². The van der Waals surface area contributed by atoms with Gasteiger partial charge in [0.25, 0.3) is 0 Å². The minimum atomic E-state index is -0.236. The van der Waals surface area contributed by atoms with E-state index in [0.717, 1.165) is 18.7 Å². The fourth-order valence-electron chi connectivity index (χ4n) is 2.71. The average Bonchev–Trinajstić information content (AvgIpc) is 3.02. The van der Waals surface area contributed by atoms with Crippen molar-refractivity contribution in [3.8, 4) is 0 Å². The number of rotatable bonds is 2. The molecule has 2 aromatic rings. The third-order valence-corrected chi connectivity index (χ3v) is 4.10. The predicted molar refractivity (Wildman–Crippen MR) is 77.3 cm³/mol. The van der Waals surface area contributed by atoms with Crippen molar-refractivity contribution >= 4 is 0 Å². The lowest BCUT2D eigenvalue weighted by molar-refractivity contribution is 0.252. The molecule has 3 rings (SSSR count). The molecule has 4 nitrogen and oxygen atoms in total. The maximum absolute atomic E-state index is 6.18. The smallest absolute Gasteiger partial charge is 0.244 e. The van der Waals surface area contributed by atoms with Crippen LogP contribution in [-0.4, -0.2) is 10.1 Å². The number of hydrogen-bond acceptors (Lipinski definition) is 4. The molecule has 1 aromatic carbocycles. The van der Waals surface area contributed by atoms with E-state index >= 15 is 0 Å². The highest BCUT2D eigenvalue weighted by Crippen LogP contribution is 2.37. The summed E-state index contributed by atoms with van der Waals surface area (Å²) in [5, 5.41) is 4.17. The summed E-state index contributed by atoms with van der Waals surface area (Å²) < 4.78 is 5.39. The molecule has 0 bridgehead atoms. The van der Waals surface area contributed by atoms with Gasteiger partial charge < -0.3 is 10.3 Å². The van der Waals surface area contributed by atoms with E-state index in [4.69, 9.17) is 10.3 Å². The predicted octanol–water partition coefficient (Wildman–Crippen LogP) is 3.19. The Hall–Kier alpha value is -1.68. The van der Waals surface area contributed by atoms with Gasteiger partial charge in [0.1, 0.15) is 0 Å². The first-order valence-corrected chi connectivity index (χ1v) is 7.13. The molecule has 0 amide bonds. The quantitative estimate of drug-likeness (QED) is 0.911. The molecule has 0 saturated carbocycles. The molecule has 1 aliphatic carbocycles. The van der Waals surface area contributed by atoms with Crippen LogP contribution in [0.1, 0.15) is 62.0 Å². The van der Waals surface area contributed by atoms with Crippen LogP contribution in [0.5, 0.6) is 0 Å².